The fourth-order valence-corrected chi connectivity index (χ4v) is 2.30. The molecule has 4 heteroatoms. The van der Waals surface area contributed by atoms with E-state index in [-0.39, 0.29) is 5.91 Å². The molecule has 0 fully saturated rings. The lowest BCUT2D eigenvalue weighted by Crippen LogP contribution is -2.11. The van der Waals surface area contributed by atoms with Gasteiger partial charge in [-0.1, -0.05) is 36.4 Å². The molecule has 1 amide bonds. The van der Waals surface area contributed by atoms with Crippen LogP contribution in [0, 0.1) is 0 Å². The maximum absolute atomic E-state index is 12.1. The number of nitrogens with two attached hydrogens (primary N) is 1. The van der Waals surface area contributed by atoms with Crippen LogP contribution in [0.4, 0.5) is 5.69 Å². The van der Waals surface area contributed by atoms with Crippen LogP contribution in [0.2, 0.25) is 0 Å². The van der Waals surface area contributed by atoms with Gasteiger partial charge >= 0.3 is 0 Å². The molecule has 108 valence electrons. The van der Waals surface area contributed by atoms with Crippen LogP contribution in [0.15, 0.2) is 71.8 Å². The molecule has 3 N–H and O–H groups in total. The van der Waals surface area contributed by atoms with E-state index in [1.165, 1.54) is 0 Å². The number of hydrazone groups is 1. The van der Waals surface area contributed by atoms with Crippen LogP contribution in [0.25, 0.3) is 10.8 Å². The minimum Gasteiger partial charge on any atom is -0.323 e. The van der Waals surface area contributed by atoms with Crippen molar-refractivity contribution in [2.75, 3.05) is 5.32 Å². The summed E-state index contributed by atoms with van der Waals surface area (Å²) in [6, 6.07) is 20.8. The number of fused-ring (bicyclic) bond motifs is 1. The van der Waals surface area contributed by atoms with Gasteiger partial charge in [0, 0.05) is 11.3 Å². The van der Waals surface area contributed by atoms with Gasteiger partial charge in [-0.2, -0.15) is 5.10 Å². The Morgan fingerprint density at radius 1 is 0.955 bits per heavy atom. The summed E-state index contributed by atoms with van der Waals surface area (Å²) in [5.41, 5.74) is 2.34. The fourth-order valence-electron chi connectivity index (χ4n) is 2.30. The summed E-state index contributed by atoms with van der Waals surface area (Å²) in [7, 11) is 0. The van der Waals surface area contributed by atoms with Gasteiger partial charge in [-0.25, -0.2) is 0 Å². The van der Waals surface area contributed by atoms with Crippen molar-refractivity contribution < 1.29 is 4.79 Å². The maximum atomic E-state index is 12.1. The first-order chi connectivity index (χ1) is 10.8. The second-order valence-corrected chi connectivity index (χ2v) is 4.92. The van der Waals surface area contributed by atoms with E-state index in [2.05, 4.69) is 10.4 Å². The Morgan fingerprint density at radius 2 is 1.68 bits per heavy atom. The van der Waals surface area contributed by atoms with E-state index in [0.29, 0.717) is 5.56 Å². The Labute approximate surface area is 128 Å². The van der Waals surface area contributed by atoms with E-state index in [4.69, 9.17) is 5.84 Å². The van der Waals surface area contributed by atoms with Crippen molar-refractivity contribution in [2.45, 2.75) is 0 Å². The van der Waals surface area contributed by atoms with E-state index < -0.39 is 0 Å². The Balaban J connectivity index is 1.86. The Morgan fingerprint density at radius 3 is 2.45 bits per heavy atom. The summed E-state index contributed by atoms with van der Waals surface area (Å²) in [6.45, 7) is 0. The summed E-state index contributed by atoms with van der Waals surface area (Å²) in [6.07, 6.45) is 1.60. The van der Waals surface area contributed by atoms with Gasteiger partial charge in [-0.3, -0.25) is 4.79 Å². The molecule has 0 saturated heterocycles. The Hall–Kier alpha value is -3.14. The van der Waals surface area contributed by atoms with Crippen LogP contribution >= 0.6 is 0 Å². The van der Waals surface area contributed by atoms with E-state index >= 15 is 0 Å². The molecule has 3 aromatic rings. The lowest BCUT2D eigenvalue weighted by Gasteiger charge is -2.07. The summed E-state index contributed by atoms with van der Waals surface area (Å²) < 4.78 is 0. The maximum Gasteiger partial charge on any atom is 0.255 e. The lowest BCUT2D eigenvalue weighted by atomic mass is 10.1. The molecule has 0 heterocycles. The van der Waals surface area contributed by atoms with Gasteiger partial charge in [0.2, 0.25) is 0 Å². The second-order valence-electron chi connectivity index (χ2n) is 4.92. The summed E-state index contributed by atoms with van der Waals surface area (Å²) in [5, 5.41) is 8.53. The predicted molar refractivity (Wildman–Crippen MR) is 90.1 cm³/mol. The number of amides is 1. The second kappa shape index (κ2) is 6.10. The Bertz CT molecular complexity index is 841. The molecule has 0 saturated carbocycles. The van der Waals surface area contributed by atoms with Crippen molar-refractivity contribution in [3.8, 4) is 0 Å². The SMILES string of the molecule is NN=Cc1ccc2cc(NC(=O)c3ccccc3)ccc2c1. The van der Waals surface area contributed by atoms with Crippen LogP contribution in [0.5, 0.6) is 0 Å². The number of carbonyl (C=O) groups excluding carboxylic acids is 1. The third kappa shape index (κ3) is 2.96. The number of nitrogens with zero attached hydrogens (tertiary/aromatic N) is 1. The quantitative estimate of drug-likeness (QED) is 0.441. The van der Waals surface area contributed by atoms with Gasteiger partial charge in [0.15, 0.2) is 0 Å². The van der Waals surface area contributed by atoms with Gasteiger partial charge in [-0.15, -0.1) is 0 Å². The van der Waals surface area contributed by atoms with Crippen LogP contribution in [-0.4, -0.2) is 12.1 Å². The zero-order valence-electron chi connectivity index (χ0n) is 11.9. The number of rotatable bonds is 3. The van der Waals surface area contributed by atoms with Crippen molar-refractivity contribution in [1.29, 1.82) is 0 Å². The van der Waals surface area contributed by atoms with Crippen molar-refractivity contribution in [1.82, 2.24) is 0 Å². The Kier molecular flexibility index (Phi) is 3.83. The highest BCUT2D eigenvalue weighted by Crippen LogP contribution is 2.20. The van der Waals surface area contributed by atoms with E-state index in [1.807, 2.05) is 54.6 Å². The molecule has 0 aliphatic heterocycles. The number of hydrogen-bond acceptors (Lipinski definition) is 3. The normalized spacial score (nSPS) is 10.9. The largest absolute Gasteiger partial charge is 0.323 e. The average Bonchev–Trinajstić information content (AvgIpc) is 2.56. The molecule has 0 aliphatic carbocycles. The smallest absolute Gasteiger partial charge is 0.255 e. The first-order valence-electron chi connectivity index (χ1n) is 6.90. The van der Waals surface area contributed by atoms with Crippen molar-refractivity contribution in [3.63, 3.8) is 0 Å². The molecule has 3 rings (SSSR count). The van der Waals surface area contributed by atoms with Crippen LogP contribution in [-0.2, 0) is 0 Å². The summed E-state index contributed by atoms with van der Waals surface area (Å²) in [4.78, 5) is 12.1. The third-order valence-corrected chi connectivity index (χ3v) is 3.38. The highest BCUT2D eigenvalue weighted by Gasteiger charge is 2.05. The van der Waals surface area contributed by atoms with Gasteiger partial charge in [0.25, 0.3) is 5.91 Å². The van der Waals surface area contributed by atoms with Crippen molar-refractivity contribution in [3.05, 3.63) is 77.9 Å². The van der Waals surface area contributed by atoms with Gasteiger partial charge in [0.05, 0.1) is 6.21 Å². The highest BCUT2D eigenvalue weighted by molar-refractivity contribution is 6.05. The first kappa shape index (κ1) is 13.8. The van der Waals surface area contributed by atoms with Gasteiger partial charge in [-0.05, 0) is 46.7 Å². The molecule has 0 bridgehead atoms. The molecule has 0 spiro atoms. The molecule has 22 heavy (non-hydrogen) atoms. The molecule has 0 atom stereocenters. The zero-order chi connectivity index (χ0) is 15.4. The topological polar surface area (TPSA) is 67.5 Å². The number of benzene rings is 3. The average molecular weight is 289 g/mol. The minimum absolute atomic E-state index is 0.119. The van der Waals surface area contributed by atoms with E-state index in [0.717, 1.165) is 22.0 Å². The van der Waals surface area contributed by atoms with Gasteiger partial charge in [0.1, 0.15) is 0 Å². The van der Waals surface area contributed by atoms with Crippen LogP contribution in [0.3, 0.4) is 0 Å². The fraction of sp³-hybridized carbons (Fsp3) is 0. The predicted octanol–water partition coefficient (Wildman–Crippen LogP) is 3.38. The minimum atomic E-state index is -0.119. The highest BCUT2D eigenvalue weighted by atomic mass is 16.1. The van der Waals surface area contributed by atoms with Crippen LogP contribution in [0.1, 0.15) is 15.9 Å². The molecule has 0 aromatic heterocycles. The number of carbonyl (C=O) groups is 1. The molecular weight excluding hydrogens is 274 g/mol. The molecule has 0 radical (unpaired) electrons. The monoisotopic (exact) mass is 289 g/mol. The zero-order valence-corrected chi connectivity index (χ0v) is 11.9. The van der Waals surface area contributed by atoms with E-state index in [1.54, 1.807) is 18.3 Å². The van der Waals surface area contributed by atoms with Crippen molar-refractivity contribution >= 4 is 28.6 Å². The van der Waals surface area contributed by atoms with E-state index in [9.17, 15) is 4.79 Å². The molecule has 3 aromatic carbocycles. The molecular formula is C18H15N3O. The lowest BCUT2D eigenvalue weighted by molar-refractivity contribution is 0.102. The van der Waals surface area contributed by atoms with Gasteiger partial charge < -0.3 is 11.2 Å². The standard InChI is InChI=1S/C18H15N3O/c19-20-12-13-6-7-16-11-17(9-8-15(16)10-13)21-18(22)14-4-2-1-3-5-14/h1-12H,19H2,(H,21,22). The number of nitrogens with one attached hydrogen (secondary N) is 1. The summed E-state index contributed by atoms with van der Waals surface area (Å²) in [5.74, 6) is 5.04. The summed E-state index contributed by atoms with van der Waals surface area (Å²) >= 11 is 0. The van der Waals surface area contributed by atoms with Crippen molar-refractivity contribution in [2.24, 2.45) is 10.9 Å². The molecule has 0 aliphatic rings. The number of anilines is 1. The third-order valence-electron chi connectivity index (χ3n) is 3.38. The molecule has 4 nitrogen and oxygen atoms in total. The first-order valence-corrected chi connectivity index (χ1v) is 6.90. The van der Waals surface area contributed by atoms with Crippen LogP contribution < -0.4 is 11.2 Å². The molecule has 0 unspecified atom stereocenters. The number of hydrogen-bond donors (Lipinski definition) is 2.